The number of rotatable bonds is 6. The van der Waals surface area contributed by atoms with Gasteiger partial charge in [-0.1, -0.05) is 24.3 Å². The van der Waals surface area contributed by atoms with Crippen molar-refractivity contribution < 1.29 is 9.53 Å². The Morgan fingerprint density at radius 2 is 1.87 bits per heavy atom. The van der Waals surface area contributed by atoms with Crippen LogP contribution in [0.3, 0.4) is 0 Å². The molecule has 1 aromatic rings. The monoisotopic (exact) mass is 317 g/mol. The Kier molecular flexibility index (Phi) is 5.51. The molecule has 1 aliphatic heterocycles. The van der Waals surface area contributed by atoms with Crippen LogP contribution in [0.4, 0.5) is 4.79 Å². The molecular weight excluding hydrogens is 290 g/mol. The molecule has 3 rings (SSSR count). The largest absolute Gasteiger partial charge is 0.379 e. The predicted octanol–water partition coefficient (Wildman–Crippen LogP) is 2.12. The molecule has 1 unspecified atom stereocenters. The molecule has 2 fully saturated rings. The molecule has 0 spiro atoms. The molecule has 5 nitrogen and oxygen atoms in total. The van der Waals surface area contributed by atoms with E-state index in [1.807, 2.05) is 0 Å². The second-order valence-electron chi connectivity index (χ2n) is 6.66. The smallest absolute Gasteiger partial charge is 0.315 e. The van der Waals surface area contributed by atoms with E-state index in [9.17, 15) is 4.79 Å². The molecule has 1 aromatic carbocycles. The quantitative estimate of drug-likeness (QED) is 0.845. The summed E-state index contributed by atoms with van der Waals surface area (Å²) in [5.41, 5.74) is 2.44. The van der Waals surface area contributed by atoms with Crippen molar-refractivity contribution in [3.8, 4) is 0 Å². The van der Waals surface area contributed by atoms with Gasteiger partial charge in [-0.05, 0) is 36.8 Å². The number of hydrogen-bond donors (Lipinski definition) is 2. The summed E-state index contributed by atoms with van der Waals surface area (Å²) in [4.78, 5) is 14.3. The number of hydrogen-bond acceptors (Lipinski definition) is 3. The number of amides is 2. The zero-order chi connectivity index (χ0) is 16.1. The van der Waals surface area contributed by atoms with Crippen molar-refractivity contribution >= 4 is 6.03 Å². The molecule has 126 valence electrons. The number of urea groups is 1. The van der Waals surface area contributed by atoms with Crippen LogP contribution in [-0.2, 0) is 17.8 Å². The van der Waals surface area contributed by atoms with E-state index in [-0.39, 0.29) is 12.1 Å². The molecule has 1 aliphatic carbocycles. The van der Waals surface area contributed by atoms with Gasteiger partial charge in [-0.15, -0.1) is 0 Å². The Morgan fingerprint density at radius 1 is 1.22 bits per heavy atom. The predicted molar refractivity (Wildman–Crippen MR) is 90.1 cm³/mol. The van der Waals surface area contributed by atoms with Gasteiger partial charge in [0.2, 0.25) is 0 Å². The molecule has 2 amide bonds. The first-order chi connectivity index (χ1) is 11.2. The van der Waals surface area contributed by atoms with Crippen molar-refractivity contribution in [1.82, 2.24) is 15.5 Å². The third-order valence-electron chi connectivity index (χ3n) is 4.67. The van der Waals surface area contributed by atoms with Gasteiger partial charge in [-0.2, -0.15) is 0 Å². The number of carbonyl (C=O) groups is 1. The Labute approximate surface area is 138 Å². The van der Waals surface area contributed by atoms with Crippen LogP contribution < -0.4 is 10.6 Å². The van der Waals surface area contributed by atoms with Crippen LogP contribution in [0.1, 0.15) is 30.9 Å². The molecule has 5 heteroatoms. The van der Waals surface area contributed by atoms with Crippen molar-refractivity contribution in [3.63, 3.8) is 0 Å². The van der Waals surface area contributed by atoms with Gasteiger partial charge in [0.05, 0.1) is 13.2 Å². The SMILES string of the molecule is CC(NC(=O)NCc1ccc(CN2CCOCC2)cc1)C1CC1. The van der Waals surface area contributed by atoms with Gasteiger partial charge in [-0.25, -0.2) is 4.79 Å². The number of carbonyl (C=O) groups excluding carboxylic acids is 1. The van der Waals surface area contributed by atoms with Crippen molar-refractivity contribution in [3.05, 3.63) is 35.4 Å². The Morgan fingerprint density at radius 3 is 2.52 bits per heavy atom. The maximum Gasteiger partial charge on any atom is 0.315 e. The second-order valence-corrected chi connectivity index (χ2v) is 6.66. The average molecular weight is 317 g/mol. The summed E-state index contributed by atoms with van der Waals surface area (Å²) >= 11 is 0. The normalized spacial score (nSPS) is 20.0. The summed E-state index contributed by atoms with van der Waals surface area (Å²) in [7, 11) is 0. The standard InChI is InChI=1S/C18H27N3O2/c1-14(17-6-7-17)20-18(22)19-12-15-2-4-16(5-3-15)13-21-8-10-23-11-9-21/h2-5,14,17H,6-13H2,1H3,(H2,19,20,22). The molecule has 1 atom stereocenters. The average Bonchev–Trinajstić information content (AvgIpc) is 3.40. The lowest BCUT2D eigenvalue weighted by Gasteiger charge is -2.26. The van der Waals surface area contributed by atoms with E-state index in [0.29, 0.717) is 12.5 Å². The van der Waals surface area contributed by atoms with Crippen LogP contribution in [0.5, 0.6) is 0 Å². The van der Waals surface area contributed by atoms with Crippen molar-refractivity contribution in [2.75, 3.05) is 26.3 Å². The van der Waals surface area contributed by atoms with Crippen molar-refractivity contribution in [2.24, 2.45) is 5.92 Å². The summed E-state index contributed by atoms with van der Waals surface area (Å²) in [6.45, 7) is 7.29. The lowest BCUT2D eigenvalue weighted by molar-refractivity contribution is 0.0342. The highest BCUT2D eigenvalue weighted by atomic mass is 16.5. The van der Waals surface area contributed by atoms with Crippen LogP contribution in [0.25, 0.3) is 0 Å². The second kappa shape index (κ2) is 7.79. The zero-order valence-corrected chi connectivity index (χ0v) is 13.9. The molecule has 1 saturated carbocycles. The number of ether oxygens (including phenoxy) is 1. The molecule has 0 aromatic heterocycles. The fraction of sp³-hybridized carbons (Fsp3) is 0.611. The number of morpholine rings is 1. The van der Waals surface area contributed by atoms with Crippen molar-refractivity contribution in [2.45, 2.75) is 38.9 Å². The Bertz CT molecular complexity index is 508. The van der Waals surface area contributed by atoms with E-state index in [1.165, 1.54) is 18.4 Å². The van der Waals surface area contributed by atoms with E-state index in [1.54, 1.807) is 0 Å². The minimum absolute atomic E-state index is 0.0678. The molecule has 23 heavy (non-hydrogen) atoms. The summed E-state index contributed by atoms with van der Waals surface area (Å²) in [5.74, 6) is 0.681. The Hall–Kier alpha value is -1.59. The highest BCUT2D eigenvalue weighted by Gasteiger charge is 2.28. The first-order valence-electron chi connectivity index (χ1n) is 8.63. The van der Waals surface area contributed by atoms with Crippen LogP contribution >= 0.6 is 0 Å². The summed E-state index contributed by atoms with van der Waals surface area (Å²) < 4.78 is 5.37. The molecule has 2 aliphatic rings. The third-order valence-corrected chi connectivity index (χ3v) is 4.67. The fourth-order valence-corrected chi connectivity index (χ4v) is 2.93. The maximum absolute atomic E-state index is 11.8. The molecule has 1 heterocycles. The Balaban J connectivity index is 1.40. The third kappa shape index (κ3) is 5.22. The number of nitrogens with zero attached hydrogens (tertiary/aromatic N) is 1. The van der Waals surface area contributed by atoms with E-state index in [0.717, 1.165) is 38.4 Å². The lowest BCUT2D eigenvalue weighted by Crippen LogP contribution is -2.41. The van der Waals surface area contributed by atoms with Gasteiger partial charge >= 0.3 is 6.03 Å². The summed E-state index contributed by atoms with van der Waals surface area (Å²) in [5, 5.41) is 5.95. The molecule has 1 saturated heterocycles. The minimum Gasteiger partial charge on any atom is -0.379 e. The number of benzene rings is 1. The molecule has 0 radical (unpaired) electrons. The van der Waals surface area contributed by atoms with E-state index >= 15 is 0 Å². The van der Waals surface area contributed by atoms with Gasteiger partial charge in [0.15, 0.2) is 0 Å². The molecular formula is C18H27N3O2. The van der Waals surface area contributed by atoms with E-state index in [2.05, 4.69) is 46.7 Å². The van der Waals surface area contributed by atoms with Crippen LogP contribution in [0, 0.1) is 5.92 Å². The van der Waals surface area contributed by atoms with E-state index in [4.69, 9.17) is 4.74 Å². The highest BCUT2D eigenvalue weighted by Crippen LogP contribution is 2.32. The zero-order valence-electron chi connectivity index (χ0n) is 13.9. The lowest BCUT2D eigenvalue weighted by atomic mass is 10.1. The molecule has 0 bridgehead atoms. The van der Waals surface area contributed by atoms with Gasteiger partial charge < -0.3 is 15.4 Å². The van der Waals surface area contributed by atoms with Gasteiger partial charge in [-0.3, -0.25) is 4.90 Å². The van der Waals surface area contributed by atoms with Crippen LogP contribution in [-0.4, -0.2) is 43.3 Å². The first kappa shape index (κ1) is 16.3. The summed E-state index contributed by atoms with van der Waals surface area (Å²) in [6.07, 6.45) is 2.48. The number of nitrogens with one attached hydrogen (secondary N) is 2. The topological polar surface area (TPSA) is 53.6 Å². The van der Waals surface area contributed by atoms with E-state index < -0.39 is 0 Å². The first-order valence-corrected chi connectivity index (χ1v) is 8.63. The summed E-state index contributed by atoms with van der Waals surface area (Å²) in [6, 6.07) is 8.71. The van der Waals surface area contributed by atoms with Gasteiger partial charge in [0, 0.05) is 32.2 Å². The van der Waals surface area contributed by atoms with Gasteiger partial charge in [0.25, 0.3) is 0 Å². The van der Waals surface area contributed by atoms with Gasteiger partial charge in [0.1, 0.15) is 0 Å². The maximum atomic E-state index is 11.8. The fourth-order valence-electron chi connectivity index (χ4n) is 2.93. The van der Waals surface area contributed by atoms with Crippen LogP contribution in [0.2, 0.25) is 0 Å². The van der Waals surface area contributed by atoms with Crippen LogP contribution in [0.15, 0.2) is 24.3 Å². The molecule has 2 N–H and O–H groups in total. The minimum atomic E-state index is -0.0678. The van der Waals surface area contributed by atoms with Crippen molar-refractivity contribution in [1.29, 1.82) is 0 Å². The highest BCUT2D eigenvalue weighted by molar-refractivity contribution is 5.74.